The van der Waals surface area contributed by atoms with Gasteiger partial charge in [0.15, 0.2) is 5.75 Å². The van der Waals surface area contributed by atoms with Crippen molar-refractivity contribution < 1.29 is 4.74 Å². The van der Waals surface area contributed by atoms with Crippen molar-refractivity contribution in [2.45, 2.75) is 32.9 Å². The molecule has 0 saturated heterocycles. The Morgan fingerprint density at radius 2 is 2.29 bits per heavy atom. The van der Waals surface area contributed by atoms with Gasteiger partial charge in [-0.3, -0.25) is 4.68 Å². The molecule has 0 bridgehead atoms. The predicted octanol–water partition coefficient (Wildman–Crippen LogP) is 2.32. The first-order chi connectivity index (χ1) is 8.28. The molecular formula is C12H23N3OS. The molecule has 1 heterocycles. The summed E-state index contributed by atoms with van der Waals surface area (Å²) in [5.41, 5.74) is 1.17. The Morgan fingerprint density at radius 1 is 1.53 bits per heavy atom. The summed E-state index contributed by atoms with van der Waals surface area (Å²) in [4.78, 5) is 0. The molecule has 98 valence electrons. The van der Waals surface area contributed by atoms with E-state index in [1.807, 2.05) is 18.0 Å². The smallest absolute Gasteiger partial charge is 0.161 e. The molecule has 0 fully saturated rings. The maximum atomic E-state index is 5.41. The zero-order chi connectivity index (χ0) is 12.7. The molecule has 0 amide bonds. The van der Waals surface area contributed by atoms with Crippen LogP contribution in [0.2, 0.25) is 0 Å². The topological polar surface area (TPSA) is 39.1 Å². The molecule has 1 rings (SSSR count). The summed E-state index contributed by atoms with van der Waals surface area (Å²) < 4.78 is 7.47. The number of aromatic nitrogens is 2. The van der Waals surface area contributed by atoms with Gasteiger partial charge in [0.2, 0.25) is 0 Å². The second-order valence-corrected chi connectivity index (χ2v) is 4.80. The fourth-order valence-electron chi connectivity index (χ4n) is 1.92. The molecule has 0 aliphatic rings. The average molecular weight is 257 g/mol. The van der Waals surface area contributed by atoms with Gasteiger partial charge in [0.05, 0.1) is 25.0 Å². The van der Waals surface area contributed by atoms with Crippen LogP contribution in [0, 0.1) is 0 Å². The van der Waals surface area contributed by atoms with Crippen LogP contribution in [0.25, 0.3) is 0 Å². The van der Waals surface area contributed by atoms with Gasteiger partial charge in [-0.25, -0.2) is 0 Å². The first kappa shape index (κ1) is 14.4. The summed E-state index contributed by atoms with van der Waals surface area (Å²) in [5, 5.41) is 7.90. The van der Waals surface area contributed by atoms with E-state index in [1.54, 1.807) is 7.11 Å². The van der Waals surface area contributed by atoms with Crippen molar-refractivity contribution in [1.82, 2.24) is 15.1 Å². The van der Waals surface area contributed by atoms with Crippen LogP contribution in [0.4, 0.5) is 0 Å². The Kier molecular flexibility index (Phi) is 6.44. The Morgan fingerprint density at radius 3 is 2.82 bits per heavy atom. The lowest BCUT2D eigenvalue weighted by Gasteiger charge is -2.19. The molecule has 1 aromatic rings. The Bertz CT molecular complexity index is 322. The van der Waals surface area contributed by atoms with Gasteiger partial charge < -0.3 is 10.1 Å². The van der Waals surface area contributed by atoms with Crippen LogP contribution in [-0.2, 0) is 6.54 Å². The van der Waals surface area contributed by atoms with Crippen molar-refractivity contribution in [3.63, 3.8) is 0 Å². The lowest BCUT2D eigenvalue weighted by molar-refractivity contribution is 0.396. The predicted molar refractivity (Wildman–Crippen MR) is 73.9 cm³/mol. The van der Waals surface area contributed by atoms with Crippen LogP contribution < -0.4 is 10.1 Å². The van der Waals surface area contributed by atoms with Crippen molar-refractivity contribution in [2.75, 3.05) is 25.7 Å². The number of hydrogen-bond donors (Lipinski definition) is 1. The van der Waals surface area contributed by atoms with Gasteiger partial charge in [0.1, 0.15) is 0 Å². The molecule has 5 heteroatoms. The first-order valence-electron chi connectivity index (χ1n) is 6.10. The fraction of sp³-hybridized carbons (Fsp3) is 0.750. The van der Waals surface area contributed by atoms with Crippen LogP contribution in [0.1, 0.15) is 32.0 Å². The number of rotatable bonds is 8. The minimum absolute atomic E-state index is 0.305. The second kappa shape index (κ2) is 7.61. The fourth-order valence-corrected chi connectivity index (χ4v) is 2.53. The number of nitrogens with one attached hydrogen (secondary N) is 1. The zero-order valence-electron chi connectivity index (χ0n) is 11.2. The molecular weight excluding hydrogens is 234 g/mol. The van der Waals surface area contributed by atoms with Crippen molar-refractivity contribution >= 4 is 11.8 Å². The molecule has 1 atom stereocenters. The van der Waals surface area contributed by atoms with E-state index in [1.165, 1.54) is 5.69 Å². The number of hydrogen-bond acceptors (Lipinski definition) is 4. The summed E-state index contributed by atoms with van der Waals surface area (Å²) in [7, 11) is 1.71. The van der Waals surface area contributed by atoms with Gasteiger partial charge in [-0.2, -0.15) is 16.9 Å². The third kappa shape index (κ3) is 3.64. The molecule has 1 aromatic heterocycles. The van der Waals surface area contributed by atoms with Crippen molar-refractivity contribution in [3.8, 4) is 5.75 Å². The van der Waals surface area contributed by atoms with Crippen LogP contribution >= 0.6 is 11.8 Å². The molecule has 0 aromatic carbocycles. The average Bonchev–Trinajstić information content (AvgIpc) is 2.72. The van der Waals surface area contributed by atoms with Crippen LogP contribution in [-0.4, -0.2) is 35.4 Å². The van der Waals surface area contributed by atoms with Gasteiger partial charge in [0.25, 0.3) is 0 Å². The van der Waals surface area contributed by atoms with E-state index in [-0.39, 0.29) is 0 Å². The first-order valence-corrected chi connectivity index (χ1v) is 7.49. The minimum atomic E-state index is 0.305. The Labute approximate surface area is 108 Å². The van der Waals surface area contributed by atoms with E-state index in [2.05, 4.69) is 35.2 Å². The van der Waals surface area contributed by atoms with E-state index in [0.717, 1.165) is 31.0 Å². The summed E-state index contributed by atoms with van der Waals surface area (Å²) in [5.74, 6) is 1.91. The van der Waals surface area contributed by atoms with Crippen LogP contribution in [0.15, 0.2) is 6.20 Å². The standard InChI is InChI=1S/C12H23N3OS/c1-5-7-15-12(11(16-3)8-14-15)10(9-17-4)13-6-2/h8,10,13H,5-7,9H2,1-4H3. The number of nitrogens with zero attached hydrogens (tertiary/aromatic N) is 2. The van der Waals surface area contributed by atoms with E-state index < -0.39 is 0 Å². The van der Waals surface area contributed by atoms with Crippen molar-refractivity contribution in [1.29, 1.82) is 0 Å². The summed E-state index contributed by atoms with van der Waals surface area (Å²) >= 11 is 1.83. The van der Waals surface area contributed by atoms with Crippen molar-refractivity contribution in [3.05, 3.63) is 11.9 Å². The molecule has 0 saturated carbocycles. The van der Waals surface area contributed by atoms with Gasteiger partial charge in [0, 0.05) is 12.3 Å². The molecule has 0 aliphatic heterocycles. The number of methoxy groups -OCH3 is 1. The molecule has 17 heavy (non-hydrogen) atoms. The molecule has 0 aliphatic carbocycles. The molecule has 4 nitrogen and oxygen atoms in total. The third-order valence-electron chi connectivity index (χ3n) is 2.61. The maximum absolute atomic E-state index is 5.41. The number of ether oxygens (including phenoxy) is 1. The Balaban J connectivity index is 2.99. The van der Waals surface area contributed by atoms with Crippen LogP contribution in [0.3, 0.4) is 0 Å². The highest BCUT2D eigenvalue weighted by molar-refractivity contribution is 7.98. The van der Waals surface area contributed by atoms with Crippen molar-refractivity contribution in [2.24, 2.45) is 0 Å². The van der Waals surface area contributed by atoms with E-state index >= 15 is 0 Å². The zero-order valence-corrected chi connectivity index (χ0v) is 12.0. The van der Waals surface area contributed by atoms with Gasteiger partial charge in [-0.1, -0.05) is 13.8 Å². The molecule has 0 radical (unpaired) electrons. The molecule has 1 N–H and O–H groups in total. The highest BCUT2D eigenvalue weighted by Crippen LogP contribution is 2.27. The largest absolute Gasteiger partial charge is 0.493 e. The number of thioether (sulfide) groups is 1. The lowest BCUT2D eigenvalue weighted by atomic mass is 10.2. The van der Waals surface area contributed by atoms with E-state index in [0.29, 0.717) is 6.04 Å². The van der Waals surface area contributed by atoms with Gasteiger partial charge in [-0.15, -0.1) is 0 Å². The normalized spacial score (nSPS) is 12.7. The number of aryl methyl sites for hydroxylation is 1. The SMILES string of the molecule is CCCn1ncc(OC)c1C(CSC)NCC. The highest BCUT2D eigenvalue weighted by Gasteiger charge is 2.20. The summed E-state index contributed by atoms with van der Waals surface area (Å²) in [6, 6.07) is 0.305. The quantitative estimate of drug-likeness (QED) is 0.776. The second-order valence-electron chi connectivity index (χ2n) is 3.89. The summed E-state index contributed by atoms with van der Waals surface area (Å²) in [6.45, 7) is 6.18. The third-order valence-corrected chi connectivity index (χ3v) is 3.28. The van der Waals surface area contributed by atoms with Crippen LogP contribution in [0.5, 0.6) is 5.75 Å². The van der Waals surface area contributed by atoms with Gasteiger partial charge in [-0.05, 0) is 19.2 Å². The lowest BCUT2D eigenvalue weighted by Crippen LogP contribution is -2.26. The van der Waals surface area contributed by atoms with Gasteiger partial charge >= 0.3 is 0 Å². The maximum Gasteiger partial charge on any atom is 0.161 e. The monoisotopic (exact) mass is 257 g/mol. The van der Waals surface area contributed by atoms with E-state index in [9.17, 15) is 0 Å². The minimum Gasteiger partial charge on any atom is -0.493 e. The molecule has 0 spiro atoms. The van der Waals surface area contributed by atoms with E-state index in [4.69, 9.17) is 4.74 Å². The highest BCUT2D eigenvalue weighted by atomic mass is 32.2. The molecule has 1 unspecified atom stereocenters. The Hall–Kier alpha value is -0.680. The summed E-state index contributed by atoms with van der Waals surface area (Å²) in [6.07, 6.45) is 5.02.